The number of aliphatic hydroxyl groups is 1. The summed E-state index contributed by atoms with van der Waals surface area (Å²) in [6.07, 6.45) is 1.98. The fourth-order valence-corrected chi connectivity index (χ4v) is 4.52. The molecule has 1 fully saturated rings. The highest BCUT2D eigenvalue weighted by molar-refractivity contribution is 6.35. The van der Waals surface area contributed by atoms with Gasteiger partial charge in [0, 0.05) is 44.9 Å². The molecule has 39 heavy (non-hydrogen) atoms. The van der Waals surface area contributed by atoms with E-state index >= 15 is 0 Å². The number of benzene rings is 2. The molecule has 1 saturated heterocycles. The molecule has 0 saturated carbocycles. The van der Waals surface area contributed by atoms with Gasteiger partial charge in [0.15, 0.2) is 11.5 Å². The Bertz CT molecular complexity index is 1360. The van der Waals surface area contributed by atoms with Gasteiger partial charge in [-0.15, -0.1) is 5.10 Å². The Kier molecular flexibility index (Phi) is 9.00. The average Bonchev–Trinajstić information content (AvgIpc) is 3.39. The summed E-state index contributed by atoms with van der Waals surface area (Å²) in [4.78, 5) is 30.0. The molecule has 5 N–H and O–H groups in total. The number of rotatable bonds is 9. The maximum absolute atomic E-state index is 14.2. The molecule has 208 valence electrons. The number of aromatic nitrogens is 3. The molecule has 1 aromatic heterocycles. The van der Waals surface area contributed by atoms with E-state index in [0.29, 0.717) is 25.2 Å². The van der Waals surface area contributed by atoms with Crippen LogP contribution in [0.25, 0.3) is 0 Å². The van der Waals surface area contributed by atoms with Crippen molar-refractivity contribution < 1.29 is 19.1 Å². The normalized spacial score (nSPS) is 13.9. The van der Waals surface area contributed by atoms with E-state index in [1.165, 1.54) is 23.9 Å². The number of halogens is 2. The number of carbonyl (C=O) groups is 2. The van der Waals surface area contributed by atoms with E-state index in [9.17, 15) is 14.0 Å². The van der Waals surface area contributed by atoms with Crippen molar-refractivity contribution in [2.24, 2.45) is 0 Å². The van der Waals surface area contributed by atoms with Crippen LogP contribution in [0.4, 0.5) is 21.5 Å². The zero-order chi connectivity index (χ0) is 28.1. The number of hydrogen-bond acceptors (Lipinski definition) is 8. The molecule has 0 unspecified atom stereocenters. The molecular formula is C26H32ClFN8O3. The summed E-state index contributed by atoms with van der Waals surface area (Å²) in [6.45, 7) is 5.39. The maximum atomic E-state index is 14.2. The second-order valence-electron chi connectivity index (χ2n) is 9.50. The van der Waals surface area contributed by atoms with Gasteiger partial charge in [-0.2, -0.15) is 0 Å². The van der Waals surface area contributed by atoms with E-state index in [0.717, 1.165) is 37.4 Å². The van der Waals surface area contributed by atoms with Crippen LogP contribution in [-0.2, 0) is 6.54 Å². The van der Waals surface area contributed by atoms with Crippen LogP contribution in [0.3, 0.4) is 0 Å². The molecule has 4 rings (SSSR count). The van der Waals surface area contributed by atoms with Gasteiger partial charge >= 0.3 is 0 Å². The largest absolute Gasteiger partial charge is 0.396 e. The summed E-state index contributed by atoms with van der Waals surface area (Å²) in [5.41, 5.74) is 8.16. The standard InChI is InChI=1S/C26H32ClFN8O3/c1-16-23(27)18(13-19(29)24(16)28)25(38)31-20-12-17(4-5-22(20)35-9-7-34(2)8-10-35)14-36-15-21(32-33-36)26(39)30-6-3-11-37/h4-5,12-13,15,37H,3,6-11,14,29H2,1-2H3,(H,30,39)(H,31,38). The van der Waals surface area contributed by atoms with E-state index in [-0.39, 0.29) is 40.0 Å². The minimum atomic E-state index is -0.647. The lowest BCUT2D eigenvalue weighted by molar-refractivity contribution is 0.0945. The first-order chi connectivity index (χ1) is 18.7. The summed E-state index contributed by atoms with van der Waals surface area (Å²) in [7, 11) is 2.06. The van der Waals surface area contributed by atoms with Crippen molar-refractivity contribution in [1.82, 2.24) is 25.2 Å². The van der Waals surface area contributed by atoms with Gasteiger partial charge in [0.25, 0.3) is 11.8 Å². The Hall–Kier alpha value is -3.74. The highest BCUT2D eigenvalue weighted by atomic mass is 35.5. The predicted octanol–water partition coefficient (Wildman–Crippen LogP) is 2.13. The summed E-state index contributed by atoms with van der Waals surface area (Å²) < 4.78 is 15.7. The summed E-state index contributed by atoms with van der Waals surface area (Å²) in [6, 6.07) is 6.93. The Balaban J connectivity index is 1.59. The molecule has 2 heterocycles. The molecule has 1 aliphatic heterocycles. The molecule has 2 aromatic carbocycles. The van der Waals surface area contributed by atoms with Gasteiger partial charge in [-0.25, -0.2) is 9.07 Å². The third-order valence-electron chi connectivity index (χ3n) is 6.58. The van der Waals surface area contributed by atoms with E-state index in [4.69, 9.17) is 22.4 Å². The van der Waals surface area contributed by atoms with E-state index < -0.39 is 11.7 Å². The van der Waals surface area contributed by atoms with Crippen LogP contribution in [0.2, 0.25) is 5.02 Å². The van der Waals surface area contributed by atoms with Gasteiger partial charge in [-0.05, 0) is 44.2 Å². The average molecular weight is 559 g/mol. The molecule has 0 spiro atoms. The number of likely N-dealkylation sites (N-methyl/N-ethyl adjacent to an activating group) is 1. The number of hydrogen-bond donors (Lipinski definition) is 4. The van der Waals surface area contributed by atoms with Crippen LogP contribution < -0.4 is 21.3 Å². The lowest BCUT2D eigenvalue weighted by Crippen LogP contribution is -2.44. The number of carbonyl (C=O) groups excluding carboxylic acids is 2. The molecule has 2 amide bonds. The molecule has 0 aliphatic carbocycles. The van der Waals surface area contributed by atoms with Crippen molar-refractivity contribution in [2.45, 2.75) is 19.9 Å². The third-order valence-corrected chi connectivity index (χ3v) is 7.07. The Labute approximate surface area is 230 Å². The molecule has 11 nitrogen and oxygen atoms in total. The van der Waals surface area contributed by atoms with Crippen molar-refractivity contribution in [3.63, 3.8) is 0 Å². The third kappa shape index (κ3) is 6.64. The molecule has 0 radical (unpaired) electrons. The molecule has 1 aliphatic rings. The highest BCUT2D eigenvalue weighted by Gasteiger charge is 2.22. The fraction of sp³-hybridized carbons (Fsp3) is 0.385. The number of piperazine rings is 1. The predicted molar refractivity (Wildman–Crippen MR) is 148 cm³/mol. The van der Waals surface area contributed by atoms with E-state index in [2.05, 4.69) is 37.8 Å². The van der Waals surface area contributed by atoms with Gasteiger partial charge in [0.05, 0.1) is 40.4 Å². The van der Waals surface area contributed by atoms with E-state index in [1.807, 2.05) is 18.2 Å². The van der Waals surface area contributed by atoms with Gasteiger partial charge in [0.2, 0.25) is 0 Å². The number of aliphatic hydroxyl groups excluding tert-OH is 1. The molecule has 13 heteroatoms. The molecule has 0 bridgehead atoms. The first-order valence-electron chi connectivity index (χ1n) is 12.6. The van der Waals surface area contributed by atoms with Gasteiger partial charge in [0.1, 0.15) is 0 Å². The Morgan fingerprint density at radius 3 is 2.64 bits per heavy atom. The second-order valence-corrected chi connectivity index (χ2v) is 9.87. The van der Waals surface area contributed by atoms with Crippen molar-refractivity contribution in [3.8, 4) is 0 Å². The number of anilines is 3. The minimum absolute atomic E-state index is 0.00362. The van der Waals surface area contributed by atoms with Crippen molar-refractivity contribution >= 4 is 40.5 Å². The SMILES string of the molecule is Cc1c(F)c(N)cc(C(=O)Nc2cc(Cn3cc(C(=O)NCCCO)nn3)ccc2N2CCN(C)CC2)c1Cl. The first-order valence-corrected chi connectivity index (χ1v) is 13.0. The van der Waals surface area contributed by atoms with Crippen LogP contribution in [0.5, 0.6) is 0 Å². The smallest absolute Gasteiger partial charge is 0.273 e. The van der Waals surface area contributed by atoms with Crippen LogP contribution in [0, 0.1) is 12.7 Å². The van der Waals surface area contributed by atoms with Crippen LogP contribution in [-0.4, -0.2) is 83.2 Å². The van der Waals surface area contributed by atoms with Crippen LogP contribution in [0.1, 0.15) is 38.4 Å². The molecule has 0 atom stereocenters. The maximum Gasteiger partial charge on any atom is 0.273 e. The summed E-state index contributed by atoms with van der Waals surface area (Å²) in [5.74, 6) is -1.53. The molecular weight excluding hydrogens is 527 g/mol. The summed E-state index contributed by atoms with van der Waals surface area (Å²) in [5, 5.41) is 22.5. The topological polar surface area (TPSA) is 142 Å². The zero-order valence-corrected chi connectivity index (χ0v) is 22.6. The summed E-state index contributed by atoms with van der Waals surface area (Å²) >= 11 is 6.31. The monoisotopic (exact) mass is 558 g/mol. The van der Waals surface area contributed by atoms with Gasteiger partial charge in [-0.1, -0.05) is 22.9 Å². The zero-order valence-electron chi connectivity index (χ0n) is 21.9. The first kappa shape index (κ1) is 28.3. The highest BCUT2D eigenvalue weighted by Crippen LogP contribution is 2.32. The van der Waals surface area contributed by atoms with E-state index in [1.54, 1.807) is 0 Å². The number of nitrogens with one attached hydrogen (secondary N) is 2. The van der Waals surface area contributed by atoms with Gasteiger partial charge < -0.3 is 31.3 Å². The van der Waals surface area contributed by atoms with Crippen LogP contribution >= 0.6 is 11.6 Å². The number of nitrogens with two attached hydrogens (primary N) is 1. The Morgan fingerprint density at radius 2 is 1.92 bits per heavy atom. The van der Waals surface area contributed by atoms with Gasteiger partial charge in [-0.3, -0.25) is 9.59 Å². The number of amides is 2. The van der Waals surface area contributed by atoms with Crippen LogP contribution in [0.15, 0.2) is 30.5 Å². The van der Waals surface area contributed by atoms with Crippen molar-refractivity contribution in [1.29, 1.82) is 0 Å². The number of nitrogen functional groups attached to an aromatic ring is 1. The lowest BCUT2D eigenvalue weighted by Gasteiger charge is -2.35. The van der Waals surface area contributed by atoms with Crippen molar-refractivity contribution in [3.05, 3.63) is 63.7 Å². The van der Waals surface area contributed by atoms with Crippen molar-refractivity contribution in [2.75, 3.05) is 62.3 Å². The number of nitrogens with zero attached hydrogens (tertiary/aromatic N) is 5. The quantitative estimate of drug-likeness (QED) is 0.231. The minimum Gasteiger partial charge on any atom is -0.396 e. The Morgan fingerprint density at radius 1 is 1.18 bits per heavy atom. The second kappa shape index (κ2) is 12.4. The lowest BCUT2D eigenvalue weighted by atomic mass is 10.1. The molecule has 3 aromatic rings. The fourth-order valence-electron chi connectivity index (χ4n) is 4.30.